The van der Waals surface area contributed by atoms with E-state index in [0.29, 0.717) is 15.8 Å². The summed E-state index contributed by atoms with van der Waals surface area (Å²) in [6.07, 6.45) is 10.2. The molecule has 0 bridgehead atoms. The van der Waals surface area contributed by atoms with Crippen molar-refractivity contribution in [1.82, 2.24) is 4.90 Å². The van der Waals surface area contributed by atoms with Crippen LogP contribution in [-0.2, 0) is 4.79 Å². The number of hydrogen-bond donors (Lipinski definition) is 0. The lowest BCUT2D eigenvalue weighted by Gasteiger charge is -2.38. The van der Waals surface area contributed by atoms with Gasteiger partial charge in [-0.1, -0.05) is 47.5 Å². The second-order valence-electron chi connectivity index (χ2n) is 8.20. The van der Waals surface area contributed by atoms with Crippen LogP contribution in [0.1, 0.15) is 63.5 Å². The Bertz CT molecular complexity index is 957. The third kappa shape index (κ3) is 3.16. The maximum Gasteiger partial charge on any atom is 0.164 e. The molecule has 0 radical (unpaired) electrons. The van der Waals surface area contributed by atoms with Gasteiger partial charge in [-0.15, -0.1) is 0 Å². The third-order valence-corrected chi connectivity index (χ3v) is 8.11. The number of carbonyl (C=O) groups excluding carboxylic acids is 1. The molecule has 0 amide bonds. The summed E-state index contributed by atoms with van der Waals surface area (Å²) in [7, 11) is 0. The van der Waals surface area contributed by atoms with Crippen molar-refractivity contribution in [3.05, 3.63) is 66.7 Å². The van der Waals surface area contributed by atoms with Crippen LogP contribution in [0.4, 0.5) is 0 Å². The standard InChI is InChI=1S/C23H23Cl2NOS/c1-13-11-20-26(18-5-3-2-4-6-19(18)28-20)22(21(13)23(27)14-7-8-14)15-9-10-16(24)17(25)12-15/h9-12,14,22H,2-8H2,1H3. The van der Waals surface area contributed by atoms with Gasteiger partial charge in [0.05, 0.1) is 21.1 Å². The highest BCUT2D eigenvalue weighted by molar-refractivity contribution is 8.06. The van der Waals surface area contributed by atoms with Crippen LogP contribution in [0.5, 0.6) is 0 Å². The molecule has 0 aromatic heterocycles. The Balaban J connectivity index is 1.66. The third-order valence-electron chi connectivity index (χ3n) is 6.16. The van der Waals surface area contributed by atoms with Gasteiger partial charge in [0.15, 0.2) is 5.78 Å². The molecule has 2 nitrogen and oxygen atoms in total. The first-order valence-corrected chi connectivity index (χ1v) is 11.7. The second kappa shape index (κ2) is 7.27. The van der Waals surface area contributed by atoms with Gasteiger partial charge in [-0.25, -0.2) is 0 Å². The Morgan fingerprint density at radius 1 is 1.11 bits per heavy atom. The van der Waals surface area contributed by atoms with Gasteiger partial charge >= 0.3 is 0 Å². The number of nitrogens with zero attached hydrogens (tertiary/aromatic N) is 1. The van der Waals surface area contributed by atoms with Crippen molar-refractivity contribution in [3.63, 3.8) is 0 Å². The zero-order chi connectivity index (χ0) is 19.4. The quantitative estimate of drug-likeness (QED) is 0.496. The van der Waals surface area contributed by atoms with E-state index in [1.54, 1.807) is 0 Å². The van der Waals surface area contributed by atoms with E-state index >= 15 is 0 Å². The van der Waals surface area contributed by atoms with Crippen molar-refractivity contribution in [2.45, 2.75) is 57.9 Å². The first kappa shape index (κ1) is 18.8. The number of allylic oxidation sites excluding steroid dienone is 4. The summed E-state index contributed by atoms with van der Waals surface area (Å²) < 4.78 is 0. The highest BCUT2D eigenvalue weighted by atomic mass is 35.5. The highest BCUT2D eigenvalue weighted by Crippen LogP contribution is 2.55. The molecular weight excluding hydrogens is 409 g/mol. The fraction of sp³-hybridized carbons (Fsp3) is 0.435. The molecule has 1 aromatic rings. The van der Waals surface area contributed by atoms with E-state index in [2.05, 4.69) is 17.9 Å². The van der Waals surface area contributed by atoms with Gasteiger partial charge in [-0.3, -0.25) is 4.79 Å². The molecular formula is C23H23Cl2NOS. The molecule has 28 heavy (non-hydrogen) atoms. The molecule has 2 aliphatic carbocycles. The SMILES string of the molecule is CC1=C(C(=O)C2CC2)C(c2ccc(Cl)c(Cl)c2)N2C(=C1)SC1=C2CCCCC1. The molecule has 4 aliphatic rings. The van der Waals surface area contributed by atoms with Crippen molar-refractivity contribution in [2.24, 2.45) is 5.92 Å². The molecule has 1 fully saturated rings. The first-order valence-electron chi connectivity index (χ1n) is 10.2. The smallest absolute Gasteiger partial charge is 0.164 e. The van der Waals surface area contributed by atoms with E-state index in [1.807, 2.05) is 30.0 Å². The summed E-state index contributed by atoms with van der Waals surface area (Å²) in [5.41, 5.74) is 4.52. The molecule has 0 N–H and O–H groups in total. The number of thioether (sulfide) groups is 1. The lowest BCUT2D eigenvalue weighted by molar-refractivity contribution is -0.117. The van der Waals surface area contributed by atoms with E-state index in [1.165, 1.54) is 34.9 Å². The molecule has 5 heteroatoms. The lowest BCUT2D eigenvalue weighted by Crippen LogP contribution is -2.32. The maximum absolute atomic E-state index is 13.3. The molecule has 1 unspecified atom stereocenters. The maximum atomic E-state index is 13.3. The van der Waals surface area contributed by atoms with E-state index in [9.17, 15) is 4.79 Å². The number of fused-ring (bicyclic) bond motifs is 2. The molecule has 2 aliphatic heterocycles. The molecule has 0 spiro atoms. The molecule has 5 rings (SSSR count). The molecule has 2 heterocycles. The van der Waals surface area contributed by atoms with Gasteiger partial charge < -0.3 is 4.90 Å². The Labute approximate surface area is 180 Å². The average Bonchev–Trinajstić information content (AvgIpc) is 3.48. The number of carbonyl (C=O) groups is 1. The molecule has 1 aromatic carbocycles. The Morgan fingerprint density at radius 2 is 1.89 bits per heavy atom. The number of ketones is 1. The highest BCUT2D eigenvalue weighted by Gasteiger charge is 2.44. The number of Topliss-reactive ketones (excluding diaryl/α,β-unsaturated/α-hetero) is 1. The first-order chi connectivity index (χ1) is 13.5. The van der Waals surface area contributed by atoms with Crippen molar-refractivity contribution in [3.8, 4) is 0 Å². The second-order valence-corrected chi connectivity index (χ2v) is 10.1. The van der Waals surface area contributed by atoms with Crippen LogP contribution in [0, 0.1) is 5.92 Å². The van der Waals surface area contributed by atoms with Gasteiger partial charge in [0.25, 0.3) is 0 Å². The minimum atomic E-state index is -0.0963. The predicted molar refractivity (Wildman–Crippen MR) is 117 cm³/mol. The monoisotopic (exact) mass is 431 g/mol. The lowest BCUT2D eigenvalue weighted by atomic mass is 9.86. The minimum Gasteiger partial charge on any atom is -0.327 e. The van der Waals surface area contributed by atoms with Crippen LogP contribution in [-0.4, -0.2) is 10.7 Å². The summed E-state index contributed by atoms with van der Waals surface area (Å²) in [5, 5.41) is 2.36. The van der Waals surface area contributed by atoms with Crippen molar-refractivity contribution >= 4 is 40.7 Å². The van der Waals surface area contributed by atoms with Gasteiger partial charge in [0.1, 0.15) is 0 Å². The number of halogens is 2. The van der Waals surface area contributed by atoms with Crippen LogP contribution >= 0.6 is 35.0 Å². The van der Waals surface area contributed by atoms with Gasteiger partial charge in [-0.05, 0) is 74.8 Å². The van der Waals surface area contributed by atoms with E-state index in [4.69, 9.17) is 23.2 Å². The van der Waals surface area contributed by atoms with E-state index in [-0.39, 0.29) is 12.0 Å². The van der Waals surface area contributed by atoms with Crippen LogP contribution < -0.4 is 0 Å². The summed E-state index contributed by atoms with van der Waals surface area (Å²) in [4.78, 5) is 17.3. The predicted octanol–water partition coefficient (Wildman–Crippen LogP) is 7.41. The Kier molecular flexibility index (Phi) is 4.89. The van der Waals surface area contributed by atoms with Crippen molar-refractivity contribution in [2.75, 3.05) is 0 Å². The normalized spacial score (nSPS) is 24.8. The average molecular weight is 432 g/mol. The minimum absolute atomic E-state index is 0.0963. The summed E-state index contributed by atoms with van der Waals surface area (Å²) in [6.45, 7) is 2.09. The Morgan fingerprint density at radius 3 is 2.64 bits per heavy atom. The van der Waals surface area contributed by atoms with Gasteiger partial charge in [0.2, 0.25) is 0 Å². The molecule has 1 saturated carbocycles. The van der Waals surface area contributed by atoms with E-state index < -0.39 is 0 Å². The fourth-order valence-corrected chi connectivity index (χ4v) is 6.27. The van der Waals surface area contributed by atoms with Crippen LogP contribution in [0.2, 0.25) is 10.0 Å². The van der Waals surface area contributed by atoms with Crippen molar-refractivity contribution < 1.29 is 4.79 Å². The summed E-state index contributed by atoms with van der Waals surface area (Å²) in [6, 6.07) is 5.75. The van der Waals surface area contributed by atoms with E-state index in [0.717, 1.165) is 42.4 Å². The number of rotatable bonds is 3. The van der Waals surface area contributed by atoms with Crippen LogP contribution in [0.3, 0.4) is 0 Å². The summed E-state index contributed by atoms with van der Waals surface area (Å²) >= 11 is 14.5. The van der Waals surface area contributed by atoms with Crippen molar-refractivity contribution in [1.29, 1.82) is 0 Å². The zero-order valence-electron chi connectivity index (χ0n) is 15.9. The number of benzene rings is 1. The van der Waals surface area contributed by atoms with Gasteiger partial charge in [0, 0.05) is 22.1 Å². The van der Waals surface area contributed by atoms with Gasteiger partial charge in [-0.2, -0.15) is 0 Å². The number of hydrogen-bond acceptors (Lipinski definition) is 3. The Hall–Kier alpha value is -1.16. The topological polar surface area (TPSA) is 20.3 Å². The van der Waals surface area contributed by atoms with Crippen LogP contribution in [0.15, 0.2) is 51.1 Å². The zero-order valence-corrected chi connectivity index (χ0v) is 18.3. The summed E-state index contributed by atoms with van der Waals surface area (Å²) in [5.74, 6) is 0.513. The molecule has 0 saturated heterocycles. The fourth-order valence-electron chi connectivity index (χ4n) is 4.59. The molecule has 1 atom stereocenters. The largest absolute Gasteiger partial charge is 0.327 e. The van der Waals surface area contributed by atoms with Crippen LogP contribution in [0.25, 0.3) is 0 Å². The molecule has 146 valence electrons.